The largest absolute Gasteiger partial charge is 0.504 e. The van der Waals surface area contributed by atoms with Gasteiger partial charge in [0, 0.05) is 14.6 Å². The number of hydrogen-bond acceptors (Lipinski definition) is 5. The second kappa shape index (κ2) is 8.87. The predicted molar refractivity (Wildman–Crippen MR) is 105 cm³/mol. The third kappa shape index (κ3) is 5.20. The minimum atomic E-state index is -0.311. The van der Waals surface area contributed by atoms with E-state index < -0.39 is 0 Å². The van der Waals surface area contributed by atoms with Gasteiger partial charge in [0.2, 0.25) is 0 Å². The van der Waals surface area contributed by atoms with Crippen LogP contribution in [0, 0.1) is 6.92 Å². The van der Waals surface area contributed by atoms with Crippen molar-refractivity contribution in [2.45, 2.75) is 6.92 Å². The summed E-state index contributed by atoms with van der Waals surface area (Å²) in [5.74, 6) is -0.0911. The number of phenolic OH excluding ortho intramolecular Hbond substituents is 1. The summed E-state index contributed by atoms with van der Waals surface area (Å²) in [6.07, 6.45) is 1.34. The van der Waals surface area contributed by atoms with Crippen molar-refractivity contribution in [2.24, 2.45) is 5.10 Å². The molecule has 1 amide bonds. The number of carbonyl (C=O) groups excluding carboxylic acids is 1. The van der Waals surface area contributed by atoms with E-state index in [0.29, 0.717) is 20.3 Å². The van der Waals surface area contributed by atoms with E-state index in [0.717, 1.165) is 11.3 Å². The first-order valence-electron chi connectivity index (χ1n) is 7.29. The van der Waals surface area contributed by atoms with Crippen molar-refractivity contribution in [3.05, 3.63) is 50.4 Å². The quantitative estimate of drug-likeness (QED) is 0.443. The molecule has 0 saturated carbocycles. The summed E-state index contributed by atoms with van der Waals surface area (Å²) in [5.41, 5.74) is 4.79. The van der Waals surface area contributed by atoms with Crippen molar-refractivity contribution in [3.63, 3.8) is 0 Å². The number of anilines is 1. The van der Waals surface area contributed by atoms with Gasteiger partial charge in [0.15, 0.2) is 11.5 Å². The van der Waals surface area contributed by atoms with Gasteiger partial charge in [-0.25, -0.2) is 5.43 Å². The summed E-state index contributed by atoms with van der Waals surface area (Å²) in [5, 5.41) is 17.0. The van der Waals surface area contributed by atoms with Crippen LogP contribution in [0.15, 0.2) is 44.4 Å². The monoisotopic (exact) mass is 469 g/mol. The average molecular weight is 471 g/mol. The van der Waals surface area contributed by atoms with Gasteiger partial charge in [0.1, 0.15) is 0 Å². The smallest absolute Gasteiger partial charge is 0.259 e. The summed E-state index contributed by atoms with van der Waals surface area (Å²) in [4.78, 5) is 11.8. The molecular formula is C17H17Br2N3O3. The van der Waals surface area contributed by atoms with Crippen molar-refractivity contribution in [3.8, 4) is 11.5 Å². The van der Waals surface area contributed by atoms with Crippen LogP contribution in [0.4, 0.5) is 5.69 Å². The van der Waals surface area contributed by atoms with Crippen molar-refractivity contribution in [1.82, 2.24) is 5.43 Å². The van der Waals surface area contributed by atoms with E-state index in [9.17, 15) is 9.90 Å². The number of halogens is 2. The van der Waals surface area contributed by atoms with Crippen LogP contribution in [0.3, 0.4) is 0 Å². The molecule has 8 heteroatoms. The number of rotatable bonds is 6. The maximum Gasteiger partial charge on any atom is 0.259 e. The van der Waals surface area contributed by atoms with Gasteiger partial charge in [-0.2, -0.15) is 5.10 Å². The van der Waals surface area contributed by atoms with E-state index in [4.69, 9.17) is 4.74 Å². The normalized spacial score (nSPS) is 10.7. The highest BCUT2D eigenvalue weighted by Crippen LogP contribution is 2.39. The molecule has 132 valence electrons. The Morgan fingerprint density at radius 2 is 2.00 bits per heavy atom. The molecule has 2 rings (SSSR count). The van der Waals surface area contributed by atoms with Crippen LogP contribution in [0.2, 0.25) is 0 Å². The zero-order valence-electron chi connectivity index (χ0n) is 13.6. The third-order valence-corrected chi connectivity index (χ3v) is 5.31. The van der Waals surface area contributed by atoms with E-state index in [1.54, 1.807) is 6.07 Å². The van der Waals surface area contributed by atoms with Crippen LogP contribution < -0.4 is 15.5 Å². The number of ether oxygens (including phenoxy) is 1. The fraction of sp³-hybridized carbons (Fsp3) is 0.176. The Kier molecular flexibility index (Phi) is 6.83. The second-order valence-corrected chi connectivity index (χ2v) is 6.80. The number of carbonyl (C=O) groups is 1. The molecule has 3 N–H and O–H groups in total. The fourth-order valence-corrected chi connectivity index (χ4v) is 2.77. The number of methoxy groups -OCH3 is 1. The van der Waals surface area contributed by atoms with Gasteiger partial charge in [-0.05, 0) is 57.0 Å². The zero-order valence-corrected chi connectivity index (χ0v) is 16.8. The lowest BCUT2D eigenvalue weighted by atomic mass is 10.2. The molecule has 0 atom stereocenters. The lowest BCUT2D eigenvalue weighted by Gasteiger charge is -2.10. The molecule has 2 aromatic rings. The van der Waals surface area contributed by atoms with Crippen LogP contribution in [0.5, 0.6) is 11.5 Å². The highest BCUT2D eigenvalue weighted by Gasteiger charge is 2.14. The van der Waals surface area contributed by atoms with Crippen molar-refractivity contribution >= 4 is 49.7 Å². The molecule has 25 heavy (non-hydrogen) atoms. The molecule has 0 aromatic heterocycles. The van der Waals surface area contributed by atoms with Gasteiger partial charge in [0.05, 0.1) is 25.4 Å². The number of phenols is 1. The molecule has 0 saturated heterocycles. The van der Waals surface area contributed by atoms with Gasteiger partial charge >= 0.3 is 0 Å². The number of nitrogens with zero attached hydrogens (tertiary/aromatic N) is 1. The van der Waals surface area contributed by atoms with E-state index >= 15 is 0 Å². The number of benzene rings is 2. The lowest BCUT2D eigenvalue weighted by molar-refractivity contribution is -0.119. The number of amides is 1. The Morgan fingerprint density at radius 3 is 2.64 bits per heavy atom. The van der Waals surface area contributed by atoms with Crippen LogP contribution in [-0.2, 0) is 4.79 Å². The van der Waals surface area contributed by atoms with Crippen molar-refractivity contribution < 1.29 is 14.6 Å². The molecule has 0 fully saturated rings. The first kappa shape index (κ1) is 19.3. The SMILES string of the molecule is COc1cc(Br)c(Br)c(/C=N/NC(=O)CNc2ccc(C)cc2)c1O. The molecule has 6 nitrogen and oxygen atoms in total. The Balaban J connectivity index is 1.97. The van der Waals surface area contributed by atoms with E-state index in [1.165, 1.54) is 13.3 Å². The highest BCUT2D eigenvalue weighted by atomic mass is 79.9. The average Bonchev–Trinajstić information content (AvgIpc) is 2.60. The first-order valence-corrected chi connectivity index (χ1v) is 8.88. The Hall–Kier alpha value is -2.06. The standard InChI is InChI=1S/C17H17Br2N3O3/c1-10-3-5-11(6-4-10)20-9-15(23)22-21-8-12-16(19)13(18)7-14(25-2)17(12)24/h3-8,20,24H,9H2,1-2H3,(H,22,23)/b21-8+. The van der Waals surface area contributed by atoms with Crippen LogP contribution in [-0.4, -0.2) is 30.9 Å². The molecule has 2 aromatic carbocycles. The van der Waals surface area contributed by atoms with Gasteiger partial charge in [-0.3, -0.25) is 4.79 Å². The Labute approximate surface area is 162 Å². The van der Waals surface area contributed by atoms with Gasteiger partial charge in [-0.15, -0.1) is 0 Å². The maximum atomic E-state index is 11.8. The first-order chi connectivity index (χ1) is 11.9. The minimum absolute atomic E-state index is 0.0756. The molecule has 0 aliphatic heterocycles. The van der Waals surface area contributed by atoms with Crippen LogP contribution in [0.25, 0.3) is 0 Å². The fourth-order valence-electron chi connectivity index (χ4n) is 1.95. The summed E-state index contributed by atoms with van der Waals surface area (Å²) >= 11 is 6.70. The van der Waals surface area contributed by atoms with Crippen molar-refractivity contribution in [1.29, 1.82) is 0 Å². The number of hydrogen-bond donors (Lipinski definition) is 3. The summed E-state index contributed by atoms with van der Waals surface area (Å²) in [6.45, 7) is 2.07. The number of hydrazone groups is 1. The Bertz CT molecular complexity index is 793. The van der Waals surface area contributed by atoms with Gasteiger partial charge < -0.3 is 15.2 Å². The van der Waals surface area contributed by atoms with Gasteiger partial charge in [-0.1, -0.05) is 17.7 Å². The van der Waals surface area contributed by atoms with Crippen LogP contribution >= 0.6 is 31.9 Å². The van der Waals surface area contributed by atoms with Gasteiger partial charge in [0.25, 0.3) is 5.91 Å². The number of nitrogens with one attached hydrogen (secondary N) is 2. The molecule has 0 spiro atoms. The lowest BCUT2D eigenvalue weighted by Crippen LogP contribution is -2.25. The molecule has 0 aliphatic carbocycles. The Morgan fingerprint density at radius 1 is 1.32 bits per heavy atom. The molecule has 0 radical (unpaired) electrons. The van der Waals surface area contributed by atoms with E-state index in [1.807, 2.05) is 31.2 Å². The zero-order chi connectivity index (χ0) is 18.4. The second-order valence-electron chi connectivity index (χ2n) is 5.15. The summed E-state index contributed by atoms with van der Waals surface area (Å²) in [7, 11) is 1.45. The van der Waals surface area contributed by atoms with Crippen molar-refractivity contribution in [2.75, 3.05) is 19.0 Å². The molecule has 0 heterocycles. The number of aromatic hydroxyl groups is 1. The molecular weight excluding hydrogens is 454 g/mol. The van der Waals surface area contributed by atoms with Crippen LogP contribution in [0.1, 0.15) is 11.1 Å². The molecule has 0 bridgehead atoms. The van der Waals surface area contributed by atoms with E-state index in [2.05, 4.69) is 47.7 Å². The predicted octanol–water partition coefficient (Wildman–Crippen LogP) is 3.80. The third-order valence-electron chi connectivity index (χ3n) is 3.30. The summed E-state index contributed by atoms with van der Waals surface area (Å²) in [6, 6.07) is 9.34. The number of aryl methyl sites for hydroxylation is 1. The summed E-state index contributed by atoms with van der Waals surface area (Å²) < 4.78 is 6.37. The molecule has 0 unspecified atom stereocenters. The van der Waals surface area contributed by atoms with E-state index in [-0.39, 0.29) is 18.2 Å². The maximum absolute atomic E-state index is 11.8. The molecule has 0 aliphatic rings. The minimum Gasteiger partial charge on any atom is -0.504 e. The highest BCUT2D eigenvalue weighted by molar-refractivity contribution is 9.13. The topological polar surface area (TPSA) is 83.0 Å².